The van der Waals surface area contributed by atoms with Crippen LogP contribution in [0.1, 0.15) is 28.8 Å². The number of benzene rings is 2. The van der Waals surface area contributed by atoms with E-state index in [1.165, 1.54) is 24.3 Å². The summed E-state index contributed by atoms with van der Waals surface area (Å²) in [7, 11) is 0. The van der Waals surface area contributed by atoms with Crippen LogP contribution in [0.5, 0.6) is 0 Å². The molecule has 0 spiro atoms. The van der Waals surface area contributed by atoms with Crippen LogP contribution in [-0.4, -0.2) is 46.9 Å². The Morgan fingerprint density at radius 1 is 1.10 bits per heavy atom. The predicted octanol–water partition coefficient (Wildman–Crippen LogP) is 2.49. The third-order valence-corrected chi connectivity index (χ3v) is 5.07. The number of amides is 2. The Bertz CT molecular complexity index is 870. The minimum atomic E-state index is -1.10. The van der Waals surface area contributed by atoms with E-state index in [1.807, 2.05) is 30.3 Å². The molecule has 0 bridgehead atoms. The van der Waals surface area contributed by atoms with E-state index in [0.717, 1.165) is 5.56 Å². The number of rotatable bonds is 6. The summed E-state index contributed by atoms with van der Waals surface area (Å²) in [6.07, 6.45) is 1.41. The van der Waals surface area contributed by atoms with Gasteiger partial charge in [-0.25, -0.2) is 9.18 Å². The van der Waals surface area contributed by atoms with Crippen LogP contribution in [0.25, 0.3) is 0 Å². The highest BCUT2D eigenvalue weighted by Crippen LogP contribution is 2.19. The second kappa shape index (κ2) is 9.32. The van der Waals surface area contributed by atoms with Crippen LogP contribution >= 0.6 is 0 Å². The molecule has 2 amide bonds. The molecule has 1 saturated heterocycles. The lowest BCUT2D eigenvalue weighted by atomic mass is 9.95. The Balaban J connectivity index is 1.62. The average Bonchev–Trinajstić information content (AvgIpc) is 2.74. The van der Waals surface area contributed by atoms with Gasteiger partial charge in [-0.3, -0.25) is 9.59 Å². The predicted molar refractivity (Wildman–Crippen MR) is 105 cm³/mol. The second-order valence-electron chi connectivity index (χ2n) is 7.19. The van der Waals surface area contributed by atoms with E-state index >= 15 is 0 Å². The lowest BCUT2D eigenvalue weighted by molar-refractivity contribution is -0.142. The minimum absolute atomic E-state index is 0.187. The molecular formula is C22H23FN2O4. The van der Waals surface area contributed by atoms with E-state index in [0.29, 0.717) is 24.9 Å². The quantitative estimate of drug-likeness (QED) is 0.783. The Labute approximate surface area is 168 Å². The van der Waals surface area contributed by atoms with Crippen LogP contribution in [0, 0.1) is 11.7 Å². The van der Waals surface area contributed by atoms with E-state index in [9.17, 15) is 23.9 Å². The van der Waals surface area contributed by atoms with Crippen LogP contribution in [0.2, 0.25) is 0 Å². The van der Waals surface area contributed by atoms with Gasteiger partial charge in [-0.05, 0) is 42.7 Å². The maximum atomic E-state index is 13.1. The molecule has 0 saturated carbocycles. The molecular weight excluding hydrogens is 375 g/mol. The highest BCUT2D eigenvalue weighted by molar-refractivity contribution is 5.95. The molecule has 1 heterocycles. The number of nitrogens with zero attached hydrogens (tertiary/aromatic N) is 1. The molecule has 2 N–H and O–H groups in total. The number of nitrogens with one attached hydrogen (secondary N) is 1. The molecule has 152 valence electrons. The van der Waals surface area contributed by atoms with Crippen LogP contribution in [0.3, 0.4) is 0 Å². The molecule has 1 aliphatic rings. The fraction of sp³-hybridized carbons (Fsp3) is 0.318. The van der Waals surface area contributed by atoms with Gasteiger partial charge in [-0.1, -0.05) is 30.3 Å². The number of carboxylic acid groups (broad SMARTS) is 1. The molecule has 7 heteroatoms. The molecule has 3 rings (SSSR count). The Kier molecular flexibility index (Phi) is 6.59. The van der Waals surface area contributed by atoms with Gasteiger partial charge in [0, 0.05) is 25.1 Å². The highest BCUT2D eigenvalue weighted by atomic mass is 19.1. The van der Waals surface area contributed by atoms with E-state index in [1.54, 1.807) is 4.90 Å². The van der Waals surface area contributed by atoms with Crippen molar-refractivity contribution in [2.75, 3.05) is 13.1 Å². The van der Waals surface area contributed by atoms with Gasteiger partial charge < -0.3 is 15.3 Å². The molecule has 1 aliphatic heterocycles. The fourth-order valence-corrected chi connectivity index (χ4v) is 3.49. The van der Waals surface area contributed by atoms with Crippen LogP contribution in [-0.2, 0) is 16.0 Å². The van der Waals surface area contributed by atoms with E-state index in [4.69, 9.17) is 0 Å². The summed E-state index contributed by atoms with van der Waals surface area (Å²) in [4.78, 5) is 38.5. The largest absolute Gasteiger partial charge is 0.480 e. The number of halogens is 1. The van der Waals surface area contributed by atoms with E-state index in [2.05, 4.69) is 5.32 Å². The minimum Gasteiger partial charge on any atom is -0.480 e. The van der Waals surface area contributed by atoms with E-state index in [-0.39, 0.29) is 24.8 Å². The van der Waals surface area contributed by atoms with Crippen molar-refractivity contribution in [1.29, 1.82) is 0 Å². The van der Waals surface area contributed by atoms with Crippen molar-refractivity contribution in [1.82, 2.24) is 10.2 Å². The van der Waals surface area contributed by atoms with Crippen molar-refractivity contribution in [3.8, 4) is 0 Å². The van der Waals surface area contributed by atoms with Crippen molar-refractivity contribution < 1.29 is 23.9 Å². The maximum absolute atomic E-state index is 13.1. The van der Waals surface area contributed by atoms with Gasteiger partial charge in [0.15, 0.2) is 0 Å². The van der Waals surface area contributed by atoms with Gasteiger partial charge in [0.05, 0.1) is 5.92 Å². The summed E-state index contributed by atoms with van der Waals surface area (Å²) in [5.41, 5.74) is 1.18. The zero-order chi connectivity index (χ0) is 20.8. The topological polar surface area (TPSA) is 86.7 Å². The monoisotopic (exact) mass is 398 g/mol. The Hall–Kier alpha value is -3.22. The number of carbonyl (C=O) groups is 3. The van der Waals surface area contributed by atoms with Gasteiger partial charge in [0.25, 0.3) is 5.91 Å². The molecule has 2 atom stereocenters. The summed E-state index contributed by atoms with van der Waals surface area (Å²) in [6, 6.07) is 13.3. The number of carbonyl (C=O) groups excluding carboxylic acids is 2. The zero-order valence-corrected chi connectivity index (χ0v) is 15.9. The SMILES string of the molecule is O=C(NC(Cc1ccccc1)C(=O)O)C1CCCN(C(=O)c2ccc(F)cc2)C1. The summed E-state index contributed by atoms with van der Waals surface area (Å²) in [5.74, 6) is -2.63. The molecule has 2 aromatic rings. The summed E-state index contributed by atoms with van der Waals surface area (Å²) >= 11 is 0. The third kappa shape index (κ3) is 5.40. The number of hydrogen-bond donors (Lipinski definition) is 2. The van der Waals surface area contributed by atoms with Gasteiger partial charge >= 0.3 is 5.97 Å². The summed E-state index contributed by atoms with van der Waals surface area (Å²) in [5, 5.41) is 12.1. The Morgan fingerprint density at radius 3 is 2.45 bits per heavy atom. The lowest BCUT2D eigenvalue weighted by Crippen LogP contribution is -2.50. The number of piperidine rings is 1. The van der Waals surface area contributed by atoms with Gasteiger partial charge in [-0.2, -0.15) is 0 Å². The van der Waals surface area contributed by atoms with Crippen molar-refractivity contribution in [2.24, 2.45) is 5.92 Å². The van der Waals surface area contributed by atoms with Gasteiger partial charge in [0.2, 0.25) is 5.91 Å². The first-order valence-electron chi connectivity index (χ1n) is 9.56. The fourth-order valence-electron chi connectivity index (χ4n) is 3.49. The molecule has 1 fully saturated rings. The molecule has 0 radical (unpaired) electrons. The lowest BCUT2D eigenvalue weighted by Gasteiger charge is -2.32. The van der Waals surface area contributed by atoms with Crippen molar-refractivity contribution in [3.05, 3.63) is 71.5 Å². The molecule has 0 aliphatic carbocycles. The van der Waals surface area contributed by atoms with Gasteiger partial charge in [-0.15, -0.1) is 0 Å². The smallest absolute Gasteiger partial charge is 0.326 e. The van der Waals surface area contributed by atoms with Crippen molar-refractivity contribution in [3.63, 3.8) is 0 Å². The molecule has 6 nitrogen and oxygen atoms in total. The third-order valence-electron chi connectivity index (χ3n) is 5.07. The average molecular weight is 398 g/mol. The first kappa shape index (κ1) is 20.5. The number of likely N-dealkylation sites (tertiary alicyclic amines) is 1. The van der Waals surface area contributed by atoms with Crippen LogP contribution in [0.4, 0.5) is 4.39 Å². The molecule has 0 aromatic heterocycles. The van der Waals surface area contributed by atoms with E-state index < -0.39 is 23.7 Å². The second-order valence-corrected chi connectivity index (χ2v) is 7.19. The molecule has 2 aromatic carbocycles. The van der Waals surface area contributed by atoms with Crippen molar-refractivity contribution in [2.45, 2.75) is 25.3 Å². The molecule has 2 unspecified atom stereocenters. The maximum Gasteiger partial charge on any atom is 0.326 e. The summed E-state index contributed by atoms with van der Waals surface area (Å²) < 4.78 is 13.1. The van der Waals surface area contributed by atoms with Crippen LogP contribution < -0.4 is 5.32 Å². The molecule has 29 heavy (non-hydrogen) atoms. The highest BCUT2D eigenvalue weighted by Gasteiger charge is 2.31. The first-order chi connectivity index (χ1) is 13.9. The van der Waals surface area contributed by atoms with Gasteiger partial charge in [0.1, 0.15) is 11.9 Å². The zero-order valence-electron chi connectivity index (χ0n) is 15.9. The van der Waals surface area contributed by atoms with Crippen LogP contribution in [0.15, 0.2) is 54.6 Å². The standard InChI is InChI=1S/C22H23FN2O4/c23-18-10-8-16(9-11-18)21(27)25-12-4-7-17(14-25)20(26)24-19(22(28)29)13-15-5-2-1-3-6-15/h1-3,5-6,8-11,17,19H,4,7,12-14H2,(H,24,26)(H,28,29). The first-order valence-corrected chi connectivity index (χ1v) is 9.56. The van der Waals surface area contributed by atoms with Crippen molar-refractivity contribution >= 4 is 17.8 Å². The number of aliphatic carboxylic acids is 1. The number of hydrogen-bond acceptors (Lipinski definition) is 3. The summed E-state index contributed by atoms with van der Waals surface area (Å²) in [6.45, 7) is 0.714. The Morgan fingerprint density at radius 2 is 1.79 bits per heavy atom. The normalized spacial score (nSPS) is 17.4. The number of carboxylic acids is 1.